The first-order chi connectivity index (χ1) is 8.51. The number of hydrogen-bond acceptors (Lipinski definition) is 5. The second kappa shape index (κ2) is 6.60. The van der Waals surface area contributed by atoms with Crippen molar-refractivity contribution in [3.63, 3.8) is 0 Å². The normalized spacial score (nSPS) is 17.2. The standard InChI is InChI=1S/C11H18N4O2S.ClH/c1-9-3-4-11(14-13-9)18(16,17)15(2)10-5-7-12-8-6-10;/h3-4,10,12H,5-8H2,1-2H3;1H. The van der Waals surface area contributed by atoms with Crippen molar-refractivity contribution >= 4 is 22.4 Å². The van der Waals surface area contributed by atoms with E-state index in [4.69, 9.17) is 0 Å². The van der Waals surface area contributed by atoms with E-state index >= 15 is 0 Å². The van der Waals surface area contributed by atoms with Gasteiger partial charge >= 0.3 is 0 Å². The van der Waals surface area contributed by atoms with Crippen molar-refractivity contribution < 1.29 is 8.42 Å². The summed E-state index contributed by atoms with van der Waals surface area (Å²) in [6.07, 6.45) is 1.66. The van der Waals surface area contributed by atoms with Gasteiger partial charge in [0.05, 0.1) is 5.69 Å². The summed E-state index contributed by atoms with van der Waals surface area (Å²) < 4.78 is 26.1. The Morgan fingerprint density at radius 3 is 2.42 bits per heavy atom. The van der Waals surface area contributed by atoms with Crippen molar-refractivity contribution in [2.75, 3.05) is 20.1 Å². The van der Waals surface area contributed by atoms with Gasteiger partial charge in [0.15, 0.2) is 5.03 Å². The second-order valence-electron chi connectivity index (χ2n) is 4.52. The molecule has 1 aliphatic heterocycles. The Kier molecular flexibility index (Phi) is 5.66. The minimum atomic E-state index is -3.52. The van der Waals surface area contributed by atoms with Gasteiger partial charge in [-0.2, -0.15) is 9.40 Å². The highest BCUT2D eigenvalue weighted by Gasteiger charge is 2.30. The molecule has 1 aromatic heterocycles. The van der Waals surface area contributed by atoms with Crippen molar-refractivity contribution in [3.8, 4) is 0 Å². The number of halogens is 1. The average molecular weight is 307 g/mol. The highest BCUT2D eigenvalue weighted by Crippen LogP contribution is 2.18. The molecule has 0 saturated carbocycles. The summed E-state index contributed by atoms with van der Waals surface area (Å²) in [7, 11) is -1.91. The van der Waals surface area contributed by atoms with Crippen molar-refractivity contribution in [3.05, 3.63) is 17.8 Å². The molecule has 1 saturated heterocycles. The highest BCUT2D eigenvalue weighted by molar-refractivity contribution is 7.89. The van der Waals surface area contributed by atoms with Crippen molar-refractivity contribution in [2.45, 2.75) is 30.8 Å². The van der Waals surface area contributed by atoms with Gasteiger partial charge in [-0.3, -0.25) is 0 Å². The number of nitrogens with one attached hydrogen (secondary N) is 1. The Hall–Kier alpha value is -0.760. The van der Waals surface area contributed by atoms with Crippen molar-refractivity contribution in [2.24, 2.45) is 0 Å². The molecule has 2 heterocycles. The van der Waals surface area contributed by atoms with E-state index in [1.54, 1.807) is 20.0 Å². The molecule has 1 fully saturated rings. The summed E-state index contributed by atoms with van der Waals surface area (Å²) in [4.78, 5) is 0. The third-order valence-corrected chi connectivity index (χ3v) is 5.04. The maximum absolute atomic E-state index is 12.3. The van der Waals surface area contributed by atoms with E-state index in [9.17, 15) is 8.42 Å². The fourth-order valence-corrected chi connectivity index (χ4v) is 3.32. The van der Waals surface area contributed by atoms with Crippen molar-refractivity contribution in [1.29, 1.82) is 0 Å². The zero-order chi connectivity index (χ0) is 13.2. The first-order valence-electron chi connectivity index (χ1n) is 6.01. The average Bonchev–Trinajstić information content (AvgIpc) is 2.39. The third kappa shape index (κ3) is 3.62. The molecule has 0 bridgehead atoms. The second-order valence-corrected chi connectivity index (χ2v) is 6.46. The van der Waals surface area contributed by atoms with Crippen LogP contribution in [0.1, 0.15) is 18.5 Å². The minimum absolute atomic E-state index is 0. The summed E-state index contributed by atoms with van der Waals surface area (Å²) in [6.45, 7) is 3.48. The lowest BCUT2D eigenvalue weighted by atomic mass is 10.1. The molecule has 0 unspecified atom stereocenters. The van der Waals surface area contributed by atoms with Gasteiger partial charge in [-0.25, -0.2) is 8.42 Å². The summed E-state index contributed by atoms with van der Waals surface area (Å²) in [5, 5.41) is 10.8. The van der Waals surface area contributed by atoms with Crippen LogP contribution in [0.4, 0.5) is 0 Å². The van der Waals surface area contributed by atoms with Gasteiger partial charge in [-0.05, 0) is 45.0 Å². The van der Waals surface area contributed by atoms with Crippen LogP contribution in [0.15, 0.2) is 17.2 Å². The summed E-state index contributed by atoms with van der Waals surface area (Å²) in [5.74, 6) is 0. The summed E-state index contributed by atoms with van der Waals surface area (Å²) >= 11 is 0. The van der Waals surface area contributed by atoms with Gasteiger partial charge in [0.25, 0.3) is 10.0 Å². The maximum Gasteiger partial charge on any atom is 0.262 e. The number of nitrogens with zero attached hydrogens (tertiary/aromatic N) is 3. The molecule has 8 heteroatoms. The van der Waals surface area contributed by atoms with Gasteiger partial charge in [-0.15, -0.1) is 17.5 Å². The van der Waals surface area contributed by atoms with E-state index < -0.39 is 10.0 Å². The van der Waals surface area contributed by atoms with E-state index in [-0.39, 0.29) is 23.5 Å². The Morgan fingerprint density at radius 2 is 1.89 bits per heavy atom. The topological polar surface area (TPSA) is 75.2 Å². The van der Waals surface area contributed by atoms with E-state index in [0.29, 0.717) is 5.69 Å². The Balaban J connectivity index is 0.00000180. The fourth-order valence-electron chi connectivity index (χ4n) is 2.04. The Bertz CT molecular complexity index is 500. The third-order valence-electron chi connectivity index (χ3n) is 3.24. The number of aryl methyl sites for hydroxylation is 1. The molecule has 0 aromatic carbocycles. The lowest BCUT2D eigenvalue weighted by Crippen LogP contribution is -2.44. The first kappa shape index (κ1) is 16.3. The predicted molar refractivity (Wildman–Crippen MR) is 74.9 cm³/mol. The van der Waals surface area contributed by atoms with Crippen LogP contribution in [0.3, 0.4) is 0 Å². The molecule has 108 valence electrons. The Labute approximate surface area is 120 Å². The van der Waals surface area contributed by atoms with E-state index in [1.165, 1.54) is 10.4 Å². The SMILES string of the molecule is Cc1ccc(S(=O)(=O)N(C)C2CCNCC2)nn1.Cl. The molecule has 0 amide bonds. The molecule has 2 rings (SSSR count). The zero-order valence-corrected chi connectivity index (χ0v) is 12.7. The lowest BCUT2D eigenvalue weighted by Gasteiger charge is -2.30. The van der Waals surface area contributed by atoms with Crippen LogP contribution >= 0.6 is 12.4 Å². The summed E-state index contributed by atoms with van der Waals surface area (Å²) in [6, 6.07) is 3.21. The van der Waals surface area contributed by atoms with Crippen LogP contribution in [-0.4, -0.2) is 49.1 Å². The van der Waals surface area contributed by atoms with Gasteiger partial charge in [0.2, 0.25) is 0 Å². The van der Waals surface area contributed by atoms with Crippen LogP contribution in [0, 0.1) is 6.92 Å². The van der Waals surface area contributed by atoms with Gasteiger partial charge in [0, 0.05) is 13.1 Å². The molecule has 6 nitrogen and oxygen atoms in total. The minimum Gasteiger partial charge on any atom is -0.317 e. The summed E-state index contributed by atoms with van der Waals surface area (Å²) in [5.41, 5.74) is 0.707. The van der Waals surface area contributed by atoms with Crippen LogP contribution in [0.2, 0.25) is 0 Å². The monoisotopic (exact) mass is 306 g/mol. The quantitative estimate of drug-likeness (QED) is 0.884. The zero-order valence-electron chi connectivity index (χ0n) is 11.0. The van der Waals surface area contributed by atoms with E-state index in [2.05, 4.69) is 15.5 Å². The molecule has 1 N–H and O–H groups in total. The molecule has 0 aliphatic carbocycles. The largest absolute Gasteiger partial charge is 0.317 e. The van der Waals surface area contributed by atoms with Gasteiger partial charge in [-0.1, -0.05) is 0 Å². The molecule has 0 spiro atoms. The number of rotatable bonds is 3. The molecular weight excluding hydrogens is 288 g/mol. The molecule has 0 atom stereocenters. The fraction of sp³-hybridized carbons (Fsp3) is 0.636. The predicted octanol–water partition coefficient (Wildman–Crippen LogP) is 0.579. The Morgan fingerprint density at radius 1 is 1.26 bits per heavy atom. The van der Waals surface area contributed by atoms with Gasteiger partial charge < -0.3 is 5.32 Å². The van der Waals surface area contributed by atoms with E-state index in [0.717, 1.165) is 25.9 Å². The van der Waals surface area contributed by atoms with Crippen LogP contribution in [-0.2, 0) is 10.0 Å². The van der Waals surface area contributed by atoms with Crippen molar-refractivity contribution in [1.82, 2.24) is 19.8 Å². The lowest BCUT2D eigenvalue weighted by molar-refractivity contribution is 0.295. The molecular formula is C11H19ClN4O2S. The van der Waals surface area contributed by atoms with Crippen LogP contribution < -0.4 is 5.32 Å². The number of hydrogen-bond donors (Lipinski definition) is 1. The molecule has 19 heavy (non-hydrogen) atoms. The first-order valence-corrected chi connectivity index (χ1v) is 7.45. The number of aromatic nitrogens is 2. The van der Waals surface area contributed by atoms with Crippen LogP contribution in [0.5, 0.6) is 0 Å². The van der Waals surface area contributed by atoms with Crippen LogP contribution in [0.25, 0.3) is 0 Å². The molecule has 1 aromatic rings. The highest BCUT2D eigenvalue weighted by atomic mass is 35.5. The molecule has 0 radical (unpaired) electrons. The maximum atomic E-state index is 12.3. The molecule has 1 aliphatic rings. The number of sulfonamides is 1. The van der Waals surface area contributed by atoms with Gasteiger partial charge in [0.1, 0.15) is 0 Å². The number of piperidine rings is 1. The van der Waals surface area contributed by atoms with E-state index in [1.807, 2.05) is 0 Å². The smallest absolute Gasteiger partial charge is 0.262 e.